The summed E-state index contributed by atoms with van der Waals surface area (Å²) in [5.41, 5.74) is 5.81. The maximum Gasteiger partial charge on any atom is 0.263 e. The van der Waals surface area contributed by atoms with Crippen molar-refractivity contribution in [1.82, 2.24) is 4.90 Å². The van der Waals surface area contributed by atoms with Crippen molar-refractivity contribution in [3.05, 3.63) is 29.3 Å². The number of hydrogen-bond donors (Lipinski definition) is 1. The van der Waals surface area contributed by atoms with Crippen molar-refractivity contribution in [2.24, 2.45) is 5.73 Å². The number of nitrogens with zero attached hydrogens (tertiary/aromatic N) is 1. The van der Waals surface area contributed by atoms with E-state index in [-0.39, 0.29) is 18.1 Å². The minimum atomic E-state index is -0.577. The molecule has 5 nitrogen and oxygen atoms in total. The lowest BCUT2D eigenvalue weighted by Crippen LogP contribution is -2.54. The Hall–Kier alpha value is -1.30. The van der Waals surface area contributed by atoms with Crippen molar-refractivity contribution >= 4 is 17.5 Å². The Bertz CT molecular complexity index is 512. The number of ether oxygens (including phenoxy) is 2. The number of likely N-dealkylation sites (tertiary alicyclic amines) is 1. The molecule has 1 heterocycles. The first kappa shape index (κ1) is 17.1. The van der Waals surface area contributed by atoms with Gasteiger partial charge in [0.1, 0.15) is 5.75 Å². The SMILES string of the molecule is COC1CCN(C(=O)C(C)Oc2cccc(Cl)c2)C(CN)C1. The first-order chi connectivity index (χ1) is 10.5. The molecule has 1 fully saturated rings. The van der Waals surface area contributed by atoms with Gasteiger partial charge in [-0.15, -0.1) is 0 Å². The summed E-state index contributed by atoms with van der Waals surface area (Å²) in [6, 6.07) is 7.04. The summed E-state index contributed by atoms with van der Waals surface area (Å²) in [6.07, 6.45) is 1.18. The van der Waals surface area contributed by atoms with Crippen molar-refractivity contribution in [1.29, 1.82) is 0 Å². The zero-order valence-corrected chi connectivity index (χ0v) is 13.8. The molecule has 1 aliphatic rings. The normalized spacial score (nSPS) is 23.2. The number of halogens is 1. The second-order valence-corrected chi connectivity index (χ2v) is 5.96. The van der Waals surface area contributed by atoms with Gasteiger partial charge in [0.05, 0.1) is 6.10 Å². The van der Waals surface area contributed by atoms with Gasteiger partial charge in [-0.05, 0) is 38.0 Å². The van der Waals surface area contributed by atoms with Gasteiger partial charge in [-0.2, -0.15) is 0 Å². The summed E-state index contributed by atoms with van der Waals surface area (Å²) in [7, 11) is 1.70. The molecule has 1 saturated heterocycles. The number of amides is 1. The van der Waals surface area contributed by atoms with E-state index in [1.165, 1.54) is 0 Å². The minimum absolute atomic E-state index is 0.00314. The van der Waals surface area contributed by atoms with Gasteiger partial charge in [0.15, 0.2) is 6.10 Å². The molecule has 1 amide bonds. The summed E-state index contributed by atoms with van der Waals surface area (Å²) in [5.74, 6) is 0.536. The van der Waals surface area contributed by atoms with Crippen LogP contribution in [0.1, 0.15) is 19.8 Å². The first-order valence-corrected chi connectivity index (χ1v) is 7.88. The van der Waals surface area contributed by atoms with Crippen LogP contribution in [-0.2, 0) is 9.53 Å². The smallest absolute Gasteiger partial charge is 0.263 e. The van der Waals surface area contributed by atoms with Gasteiger partial charge in [0, 0.05) is 31.3 Å². The molecular weight excluding hydrogens is 304 g/mol. The van der Waals surface area contributed by atoms with E-state index in [1.54, 1.807) is 38.3 Å². The molecule has 0 spiro atoms. The van der Waals surface area contributed by atoms with E-state index < -0.39 is 6.10 Å². The molecule has 22 heavy (non-hydrogen) atoms. The second-order valence-electron chi connectivity index (χ2n) is 5.52. The van der Waals surface area contributed by atoms with Crippen LogP contribution in [-0.4, -0.2) is 49.3 Å². The van der Waals surface area contributed by atoms with Gasteiger partial charge < -0.3 is 20.1 Å². The highest BCUT2D eigenvalue weighted by Gasteiger charge is 2.33. The third-order valence-electron chi connectivity index (χ3n) is 4.01. The van der Waals surface area contributed by atoms with Gasteiger partial charge >= 0.3 is 0 Å². The zero-order chi connectivity index (χ0) is 16.1. The molecule has 122 valence electrons. The lowest BCUT2D eigenvalue weighted by Gasteiger charge is -2.39. The highest BCUT2D eigenvalue weighted by atomic mass is 35.5. The summed E-state index contributed by atoms with van der Waals surface area (Å²) >= 11 is 5.93. The maximum absolute atomic E-state index is 12.6. The Morgan fingerprint density at radius 2 is 2.32 bits per heavy atom. The molecule has 0 saturated carbocycles. The second kappa shape index (κ2) is 7.81. The molecule has 2 rings (SSSR count). The standard InChI is InChI=1S/C16H23ClN2O3/c1-11(22-15-5-3-4-12(17)8-15)16(20)19-7-6-14(21-2)9-13(19)10-18/h3-5,8,11,13-14H,6-7,9-10,18H2,1-2H3. The van der Waals surface area contributed by atoms with Crippen molar-refractivity contribution in [3.63, 3.8) is 0 Å². The number of hydrogen-bond acceptors (Lipinski definition) is 4. The number of nitrogens with two attached hydrogens (primary N) is 1. The van der Waals surface area contributed by atoms with Crippen molar-refractivity contribution < 1.29 is 14.3 Å². The molecule has 0 radical (unpaired) electrons. The van der Waals surface area contributed by atoms with Crippen molar-refractivity contribution in [3.8, 4) is 5.75 Å². The van der Waals surface area contributed by atoms with Crippen LogP contribution in [0.3, 0.4) is 0 Å². The van der Waals surface area contributed by atoms with E-state index in [0.717, 1.165) is 12.8 Å². The molecule has 6 heteroatoms. The Morgan fingerprint density at radius 1 is 1.55 bits per heavy atom. The Kier molecular flexibility index (Phi) is 6.06. The fourth-order valence-corrected chi connectivity index (χ4v) is 2.95. The Balaban J connectivity index is 2.00. The molecular formula is C16H23ClN2O3. The topological polar surface area (TPSA) is 64.8 Å². The van der Waals surface area contributed by atoms with Gasteiger partial charge in [-0.25, -0.2) is 0 Å². The van der Waals surface area contributed by atoms with Crippen LogP contribution in [0, 0.1) is 0 Å². The number of methoxy groups -OCH3 is 1. The van der Waals surface area contributed by atoms with Crippen LogP contribution in [0.2, 0.25) is 5.02 Å². The fraction of sp³-hybridized carbons (Fsp3) is 0.562. The highest BCUT2D eigenvalue weighted by molar-refractivity contribution is 6.30. The fourth-order valence-electron chi connectivity index (χ4n) is 2.77. The first-order valence-electron chi connectivity index (χ1n) is 7.50. The predicted octanol–water partition coefficient (Wildman–Crippen LogP) is 2.07. The molecule has 2 N–H and O–H groups in total. The summed E-state index contributed by atoms with van der Waals surface area (Å²) in [5, 5.41) is 0.581. The van der Waals surface area contributed by atoms with Crippen LogP contribution >= 0.6 is 11.6 Å². The molecule has 0 aliphatic carbocycles. The number of carbonyl (C=O) groups excluding carboxylic acids is 1. The molecule has 1 aliphatic heterocycles. The van der Waals surface area contributed by atoms with Gasteiger partial charge in [-0.1, -0.05) is 17.7 Å². The average Bonchev–Trinajstić information content (AvgIpc) is 2.53. The third-order valence-corrected chi connectivity index (χ3v) is 4.25. The number of piperidine rings is 1. The molecule has 1 aromatic carbocycles. The van der Waals surface area contributed by atoms with Crippen LogP contribution < -0.4 is 10.5 Å². The molecule has 0 bridgehead atoms. The van der Waals surface area contributed by atoms with Crippen molar-refractivity contribution in [2.75, 3.05) is 20.2 Å². The van der Waals surface area contributed by atoms with Gasteiger partial charge in [0.25, 0.3) is 5.91 Å². The zero-order valence-electron chi connectivity index (χ0n) is 13.0. The highest BCUT2D eigenvalue weighted by Crippen LogP contribution is 2.22. The quantitative estimate of drug-likeness (QED) is 0.899. The maximum atomic E-state index is 12.6. The largest absolute Gasteiger partial charge is 0.481 e. The molecule has 0 aromatic heterocycles. The van der Waals surface area contributed by atoms with E-state index in [0.29, 0.717) is 23.9 Å². The van der Waals surface area contributed by atoms with Crippen LogP contribution in [0.25, 0.3) is 0 Å². The summed E-state index contributed by atoms with van der Waals surface area (Å²) in [4.78, 5) is 14.4. The van der Waals surface area contributed by atoms with Crippen LogP contribution in [0.5, 0.6) is 5.75 Å². The van der Waals surface area contributed by atoms with Gasteiger partial charge in [-0.3, -0.25) is 4.79 Å². The van der Waals surface area contributed by atoms with Gasteiger partial charge in [0.2, 0.25) is 0 Å². The molecule has 3 unspecified atom stereocenters. The van der Waals surface area contributed by atoms with E-state index in [9.17, 15) is 4.79 Å². The number of rotatable bonds is 5. The average molecular weight is 327 g/mol. The third kappa shape index (κ3) is 4.12. The predicted molar refractivity (Wildman–Crippen MR) is 86.1 cm³/mol. The molecule has 1 aromatic rings. The van der Waals surface area contributed by atoms with Crippen molar-refractivity contribution in [2.45, 2.75) is 38.0 Å². The Morgan fingerprint density at radius 3 is 2.95 bits per heavy atom. The lowest BCUT2D eigenvalue weighted by atomic mass is 9.98. The van der Waals surface area contributed by atoms with Crippen LogP contribution in [0.4, 0.5) is 0 Å². The van der Waals surface area contributed by atoms with E-state index in [2.05, 4.69) is 0 Å². The summed E-state index contributed by atoms with van der Waals surface area (Å²) < 4.78 is 11.1. The van der Waals surface area contributed by atoms with E-state index in [1.807, 2.05) is 4.90 Å². The minimum Gasteiger partial charge on any atom is -0.481 e. The molecule has 3 atom stereocenters. The summed E-state index contributed by atoms with van der Waals surface area (Å²) in [6.45, 7) is 2.82. The Labute approximate surface area is 136 Å². The van der Waals surface area contributed by atoms with E-state index in [4.69, 9.17) is 26.8 Å². The number of benzene rings is 1. The van der Waals surface area contributed by atoms with E-state index >= 15 is 0 Å². The monoisotopic (exact) mass is 326 g/mol. The van der Waals surface area contributed by atoms with Crippen LogP contribution in [0.15, 0.2) is 24.3 Å². The number of carbonyl (C=O) groups is 1. The lowest BCUT2D eigenvalue weighted by molar-refractivity contribution is -0.143.